The van der Waals surface area contributed by atoms with Gasteiger partial charge in [-0.1, -0.05) is 6.07 Å². The number of nitrogens with zero attached hydrogens (tertiary/aromatic N) is 2. The highest BCUT2D eigenvalue weighted by Crippen LogP contribution is 2.36. The second kappa shape index (κ2) is 4.10. The van der Waals surface area contributed by atoms with Crippen LogP contribution in [-0.4, -0.2) is 29.0 Å². The van der Waals surface area contributed by atoms with E-state index in [1.54, 1.807) is 25.1 Å². The number of ether oxygens (including phenoxy) is 2. The topological polar surface area (TPSA) is 52.1 Å². The number of hydrogen-bond acceptors (Lipinski definition) is 3. The van der Waals surface area contributed by atoms with Gasteiger partial charge < -0.3 is 14.5 Å². The fourth-order valence-electron chi connectivity index (χ4n) is 2.11. The number of nitrogens with one attached hydrogen (secondary N) is 1. The van der Waals surface area contributed by atoms with Gasteiger partial charge in [0.05, 0.1) is 25.1 Å². The van der Waals surface area contributed by atoms with Crippen molar-refractivity contribution < 1.29 is 9.47 Å². The van der Waals surface area contributed by atoms with Gasteiger partial charge in [0.25, 0.3) is 0 Å². The first-order valence-electron chi connectivity index (χ1n) is 5.58. The second-order valence-corrected chi connectivity index (χ2v) is 3.84. The molecule has 0 saturated carbocycles. The van der Waals surface area contributed by atoms with Crippen molar-refractivity contribution in [1.29, 1.82) is 0 Å². The molecule has 3 rings (SSSR count). The summed E-state index contributed by atoms with van der Waals surface area (Å²) in [6.45, 7) is 0. The fraction of sp³-hybridized carbons (Fsp3) is 0.154. The van der Waals surface area contributed by atoms with Crippen LogP contribution in [0.5, 0.6) is 11.6 Å². The number of aromatic amines is 1. The Morgan fingerprint density at radius 1 is 1.17 bits per heavy atom. The maximum absolute atomic E-state index is 5.41. The van der Waals surface area contributed by atoms with Gasteiger partial charge in [0.1, 0.15) is 11.4 Å². The third-order valence-electron chi connectivity index (χ3n) is 2.88. The summed E-state index contributed by atoms with van der Waals surface area (Å²) >= 11 is 0. The molecule has 0 aliphatic heterocycles. The summed E-state index contributed by atoms with van der Waals surface area (Å²) in [6.07, 6.45) is 3.60. The Morgan fingerprint density at radius 2 is 2.06 bits per heavy atom. The van der Waals surface area contributed by atoms with Crippen molar-refractivity contribution in [2.75, 3.05) is 14.2 Å². The molecule has 0 spiro atoms. The number of benzene rings is 1. The molecule has 0 saturated heterocycles. The van der Waals surface area contributed by atoms with Crippen LogP contribution in [0.3, 0.4) is 0 Å². The summed E-state index contributed by atoms with van der Waals surface area (Å²) in [5, 5.41) is 5.21. The number of methoxy groups -OCH3 is 2. The van der Waals surface area contributed by atoms with E-state index < -0.39 is 0 Å². The first kappa shape index (κ1) is 10.7. The number of H-pyrrole nitrogens is 1. The van der Waals surface area contributed by atoms with Gasteiger partial charge in [0.2, 0.25) is 5.88 Å². The van der Waals surface area contributed by atoms with Crippen LogP contribution in [0.2, 0.25) is 0 Å². The number of hydrogen-bond donors (Lipinski definition) is 1. The molecule has 0 amide bonds. The molecule has 0 aliphatic rings. The average Bonchev–Trinajstić information content (AvgIpc) is 3.03. The minimum Gasteiger partial charge on any atom is -0.496 e. The summed E-state index contributed by atoms with van der Waals surface area (Å²) in [7, 11) is 3.28. The predicted octanol–water partition coefficient (Wildman–Crippen LogP) is 2.37. The van der Waals surface area contributed by atoms with E-state index in [1.807, 2.05) is 30.5 Å². The van der Waals surface area contributed by atoms with E-state index in [4.69, 9.17) is 9.47 Å². The third kappa shape index (κ3) is 1.44. The summed E-state index contributed by atoms with van der Waals surface area (Å²) in [6, 6.07) is 7.70. The van der Waals surface area contributed by atoms with E-state index in [9.17, 15) is 0 Å². The standard InChI is InChI=1S/C13H13N3O2/c1-17-10-6-3-5-9-11(10)12(13(15-9)18-2)16-8-4-7-14-16/h3-8,15H,1-2H3. The Bertz CT molecular complexity index is 671. The Hall–Kier alpha value is -2.43. The number of rotatable bonds is 3. The molecule has 5 heteroatoms. The van der Waals surface area contributed by atoms with Gasteiger partial charge in [0.15, 0.2) is 0 Å². The molecule has 2 aromatic heterocycles. The predicted molar refractivity (Wildman–Crippen MR) is 68.5 cm³/mol. The summed E-state index contributed by atoms with van der Waals surface area (Å²) in [5.41, 5.74) is 1.81. The average molecular weight is 243 g/mol. The quantitative estimate of drug-likeness (QED) is 0.768. The number of aromatic nitrogens is 3. The maximum Gasteiger partial charge on any atom is 0.218 e. The first-order chi connectivity index (χ1) is 8.85. The highest BCUT2D eigenvalue weighted by Gasteiger charge is 2.17. The van der Waals surface area contributed by atoms with Crippen molar-refractivity contribution in [3.05, 3.63) is 36.7 Å². The fourth-order valence-corrected chi connectivity index (χ4v) is 2.11. The van der Waals surface area contributed by atoms with Crippen LogP contribution in [0.15, 0.2) is 36.7 Å². The lowest BCUT2D eigenvalue weighted by atomic mass is 10.2. The van der Waals surface area contributed by atoms with Crippen LogP contribution in [0.1, 0.15) is 0 Å². The van der Waals surface area contributed by atoms with E-state index in [0.29, 0.717) is 5.88 Å². The van der Waals surface area contributed by atoms with Gasteiger partial charge in [-0.15, -0.1) is 0 Å². The van der Waals surface area contributed by atoms with Gasteiger partial charge in [0, 0.05) is 12.4 Å². The lowest BCUT2D eigenvalue weighted by Gasteiger charge is -2.06. The second-order valence-electron chi connectivity index (χ2n) is 3.84. The van der Waals surface area contributed by atoms with E-state index in [-0.39, 0.29) is 0 Å². The lowest BCUT2D eigenvalue weighted by molar-refractivity contribution is 0.398. The first-order valence-corrected chi connectivity index (χ1v) is 5.58. The lowest BCUT2D eigenvalue weighted by Crippen LogP contribution is -1.97. The largest absolute Gasteiger partial charge is 0.496 e. The molecule has 0 atom stereocenters. The molecule has 3 aromatic rings. The molecule has 0 aliphatic carbocycles. The van der Waals surface area contributed by atoms with Crippen molar-refractivity contribution in [3.8, 4) is 17.3 Å². The monoisotopic (exact) mass is 243 g/mol. The minimum atomic E-state index is 0.665. The molecule has 0 radical (unpaired) electrons. The van der Waals surface area contributed by atoms with E-state index in [2.05, 4.69) is 10.1 Å². The molecule has 1 N–H and O–H groups in total. The number of fused-ring (bicyclic) bond motifs is 1. The SMILES string of the molecule is COc1[nH]c2cccc(OC)c2c1-n1cccn1. The maximum atomic E-state index is 5.41. The van der Waals surface area contributed by atoms with Crippen molar-refractivity contribution in [3.63, 3.8) is 0 Å². The third-order valence-corrected chi connectivity index (χ3v) is 2.88. The van der Waals surface area contributed by atoms with Gasteiger partial charge in [-0.25, -0.2) is 4.68 Å². The molecular formula is C13H13N3O2. The van der Waals surface area contributed by atoms with Crippen LogP contribution in [0.25, 0.3) is 16.6 Å². The molecule has 1 aromatic carbocycles. The zero-order valence-corrected chi connectivity index (χ0v) is 10.2. The molecular weight excluding hydrogens is 230 g/mol. The van der Waals surface area contributed by atoms with E-state index >= 15 is 0 Å². The van der Waals surface area contributed by atoms with Gasteiger partial charge in [-0.05, 0) is 18.2 Å². The summed E-state index contributed by atoms with van der Waals surface area (Å²) in [4.78, 5) is 3.21. The molecule has 0 bridgehead atoms. The van der Waals surface area contributed by atoms with Gasteiger partial charge in [-0.2, -0.15) is 5.10 Å². The van der Waals surface area contributed by atoms with Crippen LogP contribution in [0, 0.1) is 0 Å². The molecule has 2 heterocycles. The van der Waals surface area contributed by atoms with Crippen molar-refractivity contribution >= 4 is 10.9 Å². The Morgan fingerprint density at radius 3 is 2.72 bits per heavy atom. The van der Waals surface area contributed by atoms with Crippen molar-refractivity contribution in [1.82, 2.24) is 14.8 Å². The normalized spacial score (nSPS) is 10.8. The van der Waals surface area contributed by atoms with E-state index in [1.165, 1.54) is 0 Å². The molecule has 92 valence electrons. The highest BCUT2D eigenvalue weighted by molar-refractivity contribution is 5.96. The van der Waals surface area contributed by atoms with E-state index in [0.717, 1.165) is 22.3 Å². The molecule has 0 fully saturated rings. The Balaban J connectivity index is 2.39. The molecule has 5 nitrogen and oxygen atoms in total. The smallest absolute Gasteiger partial charge is 0.218 e. The van der Waals surface area contributed by atoms with Crippen LogP contribution in [0.4, 0.5) is 0 Å². The Labute approximate surface area is 104 Å². The minimum absolute atomic E-state index is 0.665. The van der Waals surface area contributed by atoms with Crippen LogP contribution >= 0.6 is 0 Å². The van der Waals surface area contributed by atoms with Gasteiger partial charge >= 0.3 is 0 Å². The molecule has 0 unspecified atom stereocenters. The van der Waals surface area contributed by atoms with Crippen molar-refractivity contribution in [2.24, 2.45) is 0 Å². The highest BCUT2D eigenvalue weighted by atomic mass is 16.5. The zero-order valence-electron chi connectivity index (χ0n) is 10.2. The van der Waals surface area contributed by atoms with Gasteiger partial charge in [-0.3, -0.25) is 0 Å². The van der Waals surface area contributed by atoms with Crippen LogP contribution < -0.4 is 9.47 Å². The molecule has 18 heavy (non-hydrogen) atoms. The summed E-state index contributed by atoms with van der Waals surface area (Å²) < 4.78 is 12.6. The zero-order chi connectivity index (χ0) is 12.5. The Kier molecular flexibility index (Phi) is 2.44. The van der Waals surface area contributed by atoms with Crippen LogP contribution in [-0.2, 0) is 0 Å². The van der Waals surface area contributed by atoms with Crippen molar-refractivity contribution in [2.45, 2.75) is 0 Å². The summed E-state index contributed by atoms with van der Waals surface area (Å²) in [5.74, 6) is 1.45.